The van der Waals surface area contributed by atoms with Crippen LogP contribution in [0.2, 0.25) is 0 Å². The molecule has 20 heavy (non-hydrogen) atoms. The molecular formula is C15H24N2O2S. The topological polar surface area (TPSA) is 24.9 Å². The van der Waals surface area contributed by atoms with E-state index in [0.29, 0.717) is 0 Å². The fourth-order valence-corrected chi connectivity index (χ4v) is 3.86. The Labute approximate surface area is 125 Å². The molecule has 1 aromatic rings. The van der Waals surface area contributed by atoms with Crippen LogP contribution >= 0.6 is 11.3 Å². The van der Waals surface area contributed by atoms with Crippen molar-refractivity contribution in [2.45, 2.75) is 12.8 Å². The molecule has 0 radical (unpaired) electrons. The summed E-state index contributed by atoms with van der Waals surface area (Å²) in [7, 11) is 0. The van der Waals surface area contributed by atoms with Crippen molar-refractivity contribution in [2.75, 3.05) is 64.1 Å². The summed E-state index contributed by atoms with van der Waals surface area (Å²) in [5, 5.41) is 1.41. The summed E-state index contributed by atoms with van der Waals surface area (Å²) >= 11 is 1.95. The Morgan fingerprint density at radius 2 is 1.65 bits per heavy atom. The molecule has 0 amide bonds. The van der Waals surface area contributed by atoms with Crippen molar-refractivity contribution >= 4 is 16.3 Å². The lowest BCUT2D eigenvalue weighted by atomic mass is 10.2. The molecule has 0 spiro atoms. The molecule has 0 unspecified atom stereocenters. The fraction of sp³-hybridized carbons (Fsp3) is 0.733. The van der Waals surface area contributed by atoms with Crippen LogP contribution in [0.5, 0.6) is 0 Å². The van der Waals surface area contributed by atoms with Gasteiger partial charge in [-0.15, -0.1) is 11.3 Å². The minimum atomic E-state index is 0.865. The molecule has 0 aliphatic carbocycles. The molecular weight excluding hydrogens is 272 g/mol. The first-order valence-electron chi connectivity index (χ1n) is 7.63. The van der Waals surface area contributed by atoms with Crippen molar-refractivity contribution in [1.29, 1.82) is 0 Å². The molecule has 2 saturated heterocycles. The summed E-state index contributed by atoms with van der Waals surface area (Å²) in [5.74, 6) is 0. The normalized spacial score (nSPS) is 21.3. The largest absolute Gasteiger partial charge is 0.379 e. The van der Waals surface area contributed by atoms with E-state index < -0.39 is 0 Å². The molecule has 112 valence electrons. The second-order valence-electron chi connectivity index (χ2n) is 5.40. The summed E-state index contributed by atoms with van der Waals surface area (Å²) in [6.07, 6.45) is 2.45. The highest BCUT2D eigenvalue weighted by atomic mass is 32.1. The number of morpholine rings is 2. The van der Waals surface area contributed by atoms with Crippen LogP contribution in [0.1, 0.15) is 11.3 Å². The van der Waals surface area contributed by atoms with Gasteiger partial charge < -0.3 is 14.4 Å². The van der Waals surface area contributed by atoms with E-state index in [1.54, 1.807) is 0 Å². The standard InChI is InChI=1S/C15H24N2O2S/c1(5-16-6-10-18-11-7-16)2-14-3-4-15(20-14)17-8-12-19-13-9-17/h3-4H,1-2,5-13H2. The van der Waals surface area contributed by atoms with Gasteiger partial charge in [-0.05, 0) is 31.5 Å². The van der Waals surface area contributed by atoms with Crippen molar-refractivity contribution in [3.63, 3.8) is 0 Å². The summed E-state index contributed by atoms with van der Waals surface area (Å²) < 4.78 is 10.8. The first kappa shape index (κ1) is 14.3. The number of nitrogens with zero attached hydrogens (tertiary/aromatic N) is 2. The second-order valence-corrected chi connectivity index (χ2v) is 6.54. The van der Waals surface area contributed by atoms with Crippen LogP contribution in [0.3, 0.4) is 0 Å². The molecule has 5 heteroatoms. The van der Waals surface area contributed by atoms with Crippen molar-refractivity contribution in [1.82, 2.24) is 4.90 Å². The molecule has 3 heterocycles. The monoisotopic (exact) mass is 296 g/mol. The van der Waals surface area contributed by atoms with Crippen LogP contribution in [-0.4, -0.2) is 64.1 Å². The quantitative estimate of drug-likeness (QED) is 0.828. The van der Waals surface area contributed by atoms with E-state index in [4.69, 9.17) is 9.47 Å². The van der Waals surface area contributed by atoms with E-state index in [1.807, 2.05) is 11.3 Å². The first-order valence-corrected chi connectivity index (χ1v) is 8.45. The molecule has 3 rings (SSSR count). The maximum atomic E-state index is 5.41. The fourth-order valence-electron chi connectivity index (χ4n) is 2.76. The minimum absolute atomic E-state index is 0.865. The molecule has 0 saturated carbocycles. The smallest absolute Gasteiger partial charge is 0.0912 e. The Kier molecular flexibility index (Phi) is 5.30. The van der Waals surface area contributed by atoms with Crippen LogP contribution in [-0.2, 0) is 15.9 Å². The Morgan fingerprint density at radius 3 is 2.40 bits per heavy atom. The molecule has 0 atom stereocenters. The number of anilines is 1. The van der Waals surface area contributed by atoms with Gasteiger partial charge in [-0.1, -0.05) is 0 Å². The predicted octanol–water partition coefficient (Wildman–Crippen LogP) is 1.85. The van der Waals surface area contributed by atoms with Gasteiger partial charge in [-0.3, -0.25) is 4.90 Å². The van der Waals surface area contributed by atoms with E-state index in [2.05, 4.69) is 21.9 Å². The number of hydrogen-bond donors (Lipinski definition) is 0. The van der Waals surface area contributed by atoms with E-state index in [1.165, 1.54) is 29.3 Å². The van der Waals surface area contributed by atoms with Gasteiger partial charge >= 0.3 is 0 Å². The molecule has 2 aliphatic heterocycles. The molecule has 0 N–H and O–H groups in total. The number of aryl methyl sites for hydroxylation is 1. The Bertz CT molecular complexity index is 398. The van der Waals surface area contributed by atoms with Crippen LogP contribution in [0.15, 0.2) is 12.1 Å². The van der Waals surface area contributed by atoms with Crippen LogP contribution in [0.25, 0.3) is 0 Å². The van der Waals surface area contributed by atoms with Crippen LogP contribution < -0.4 is 4.90 Å². The Hall–Kier alpha value is -0.620. The molecule has 0 bridgehead atoms. The predicted molar refractivity (Wildman–Crippen MR) is 82.9 cm³/mol. The maximum Gasteiger partial charge on any atom is 0.0912 e. The lowest BCUT2D eigenvalue weighted by Crippen LogP contribution is -2.36. The third-order valence-electron chi connectivity index (χ3n) is 3.97. The molecule has 2 fully saturated rings. The number of hydrogen-bond acceptors (Lipinski definition) is 5. The van der Waals surface area contributed by atoms with Crippen LogP contribution in [0, 0.1) is 0 Å². The third-order valence-corrected chi connectivity index (χ3v) is 5.18. The van der Waals surface area contributed by atoms with Crippen molar-refractivity contribution in [3.05, 3.63) is 17.0 Å². The van der Waals surface area contributed by atoms with Gasteiger partial charge in [0.2, 0.25) is 0 Å². The van der Waals surface area contributed by atoms with Crippen molar-refractivity contribution < 1.29 is 9.47 Å². The van der Waals surface area contributed by atoms with E-state index in [0.717, 1.165) is 52.6 Å². The van der Waals surface area contributed by atoms with Gasteiger partial charge in [-0.2, -0.15) is 0 Å². The summed E-state index contributed by atoms with van der Waals surface area (Å²) in [6.45, 7) is 9.01. The lowest BCUT2D eigenvalue weighted by molar-refractivity contribution is 0.0375. The second kappa shape index (κ2) is 7.41. The van der Waals surface area contributed by atoms with Crippen molar-refractivity contribution in [3.8, 4) is 0 Å². The van der Waals surface area contributed by atoms with Gasteiger partial charge in [0.1, 0.15) is 0 Å². The van der Waals surface area contributed by atoms with Gasteiger partial charge in [0.25, 0.3) is 0 Å². The van der Waals surface area contributed by atoms with Gasteiger partial charge in [0, 0.05) is 31.1 Å². The molecule has 1 aromatic heterocycles. The van der Waals surface area contributed by atoms with Gasteiger partial charge in [-0.25, -0.2) is 0 Å². The average molecular weight is 296 g/mol. The molecule has 4 nitrogen and oxygen atoms in total. The van der Waals surface area contributed by atoms with Crippen molar-refractivity contribution in [2.24, 2.45) is 0 Å². The molecule has 2 aliphatic rings. The highest BCUT2D eigenvalue weighted by Crippen LogP contribution is 2.27. The first-order chi connectivity index (χ1) is 9.92. The minimum Gasteiger partial charge on any atom is -0.379 e. The van der Waals surface area contributed by atoms with Gasteiger partial charge in [0.05, 0.1) is 31.4 Å². The highest BCUT2D eigenvalue weighted by molar-refractivity contribution is 7.16. The zero-order valence-electron chi connectivity index (χ0n) is 12.1. The zero-order valence-corrected chi connectivity index (χ0v) is 12.9. The summed E-state index contributed by atoms with van der Waals surface area (Å²) in [5.41, 5.74) is 0. The van der Waals surface area contributed by atoms with Gasteiger partial charge in [0.15, 0.2) is 0 Å². The maximum absolute atomic E-state index is 5.41. The lowest BCUT2D eigenvalue weighted by Gasteiger charge is -2.27. The number of thiophene rings is 1. The highest BCUT2D eigenvalue weighted by Gasteiger charge is 2.13. The Morgan fingerprint density at radius 1 is 0.950 bits per heavy atom. The van der Waals surface area contributed by atoms with E-state index in [-0.39, 0.29) is 0 Å². The third kappa shape index (κ3) is 3.95. The van der Waals surface area contributed by atoms with E-state index in [9.17, 15) is 0 Å². The SMILES string of the molecule is c1cc(N2CCOCC2)sc1CCCN1CCOCC1. The average Bonchev–Trinajstić information content (AvgIpc) is 2.98. The zero-order chi connectivity index (χ0) is 13.6. The Balaban J connectivity index is 1.42. The molecule has 0 aromatic carbocycles. The van der Waals surface area contributed by atoms with Crippen LogP contribution in [0.4, 0.5) is 5.00 Å². The number of rotatable bonds is 5. The van der Waals surface area contributed by atoms with E-state index >= 15 is 0 Å². The number of ether oxygens (including phenoxy) is 2. The summed E-state index contributed by atoms with van der Waals surface area (Å²) in [6, 6.07) is 4.58. The summed E-state index contributed by atoms with van der Waals surface area (Å²) in [4.78, 5) is 6.47.